The summed E-state index contributed by atoms with van der Waals surface area (Å²) in [6, 6.07) is 13.4. The molecule has 0 aliphatic rings. The van der Waals surface area contributed by atoms with Gasteiger partial charge in [-0.2, -0.15) is 16.8 Å². The van der Waals surface area contributed by atoms with Crippen LogP contribution in [0.4, 0.5) is 28.4 Å². The molecule has 21 nitrogen and oxygen atoms in total. The molecule has 59 heavy (non-hydrogen) atoms. The van der Waals surface area contributed by atoms with Gasteiger partial charge in [0.2, 0.25) is 0 Å². The summed E-state index contributed by atoms with van der Waals surface area (Å²) >= 11 is 0. The summed E-state index contributed by atoms with van der Waals surface area (Å²) in [5.41, 5.74) is -2.74. The van der Waals surface area contributed by atoms with Gasteiger partial charge in [0, 0.05) is 47.6 Å². The van der Waals surface area contributed by atoms with E-state index in [1.54, 1.807) is 0 Å². The number of phenolic OH excluding ortho intramolecular Hbond substituents is 8. The average Bonchev–Trinajstić information content (AvgIpc) is 3.14. The quantitative estimate of drug-likeness (QED) is 0.0274. The number of hydrogen-bond donors (Lipinski definition) is 10. The van der Waals surface area contributed by atoms with E-state index < -0.39 is 86.1 Å². The van der Waals surface area contributed by atoms with Crippen LogP contribution >= 0.6 is 0 Å². The summed E-state index contributed by atoms with van der Waals surface area (Å²) in [6.07, 6.45) is -0.533. The number of aromatic hydroxyl groups is 8. The van der Waals surface area contributed by atoms with Crippen molar-refractivity contribution >= 4 is 59.4 Å². The number of hydrogen-bond acceptors (Lipinski definition) is 18. The van der Waals surface area contributed by atoms with E-state index in [1.165, 1.54) is 24.3 Å². The first-order chi connectivity index (χ1) is 27.6. The second kappa shape index (κ2) is 15.4. The first kappa shape index (κ1) is 41.0. The van der Waals surface area contributed by atoms with Crippen molar-refractivity contribution in [2.24, 2.45) is 20.5 Å². The topological polar surface area (TPSA) is 363 Å². The fourth-order valence-corrected chi connectivity index (χ4v) is 7.17. The monoisotopic (exact) mass is 849 g/mol. The lowest BCUT2D eigenvalue weighted by atomic mass is 9.95. The molecule has 6 aromatic rings. The van der Waals surface area contributed by atoms with Crippen LogP contribution in [0.15, 0.2) is 109 Å². The zero-order valence-corrected chi connectivity index (χ0v) is 31.0. The lowest BCUT2D eigenvalue weighted by molar-refractivity contribution is -0.384. The van der Waals surface area contributed by atoms with E-state index in [9.17, 15) is 76.9 Å². The van der Waals surface area contributed by atoms with E-state index in [-0.39, 0.29) is 69.1 Å². The molecule has 6 aromatic carbocycles. The number of azo groups is 2. The van der Waals surface area contributed by atoms with E-state index in [4.69, 9.17) is 0 Å². The summed E-state index contributed by atoms with van der Waals surface area (Å²) in [4.78, 5) is 8.62. The molecule has 0 atom stereocenters. The maximum atomic E-state index is 12.2. The van der Waals surface area contributed by atoms with Gasteiger partial charge in [0.25, 0.3) is 25.9 Å². The number of phenols is 8. The van der Waals surface area contributed by atoms with Gasteiger partial charge in [0.05, 0.1) is 16.0 Å². The van der Waals surface area contributed by atoms with Crippen LogP contribution in [0, 0.1) is 10.1 Å². The van der Waals surface area contributed by atoms with Crippen molar-refractivity contribution < 1.29 is 71.7 Å². The average molecular weight is 850 g/mol. The molecule has 0 saturated carbocycles. The molecule has 23 heteroatoms. The summed E-state index contributed by atoms with van der Waals surface area (Å²) in [7, 11) is -10.1. The number of nitro groups is 1. The molecule has 6 rings (SSSR count). The highest BCUT2D eigenvalue weighted by Gasteiger charge is 2.26. The van der Waals surface area contributed by atoms with Gasteiger partial charge < -0.3 is 40.9 Å². The van der Waals surface area contributed by atoms with Crippen LogP contribution in [0.5, 0.6) is 46.0 Å². The molecule has 0 unspecified atom stereocenters. The molecular formula is C36H27N5O16S2. The Hall–Kier alpha value is -7.60. The van der Waals surface area contributed by atoms with Crippen molar-refractivity contribution in [3.8, 4) is 46.0 Å². The Morgan fingerprint density at radius 1 is 0.508 bits per heavy atom. The first-order valence-electron chi connectivity index (χ1n) is 16.3. The number of nitrogens with zero attached hydrogens (tertiary/aromatic N) is 5. The van der Waals surface area contributed by atoms with Gasteiger partial charge >= 0.3 is 0 Å². The lowest BCUT2D eigenvalue weighted by Gasteiger charge is -2.15. The molecule has 0 radical (unpaired) electrons. The second-order valence-electron chi connectivity index (χ2n) is 12.5. The summed E-state index contributed by atoms with van der Waals surface area (Å²) in [5, 5.41) is 111. The number of rotatable bonds is 11. The molecule has 10 N–H and O–H groups in total. The van der Waals surface area contributed by atoms with Crippen LogP contribution in [-0.2, 0) is 33.1 Å². The Bertz CT molecular complexity index is 3030. The maximum Gasteiger partial charge on any atom is 0.298 e. The molecule has 0 bridgehead atoms. The van der Waals surface area contributed by atoms with Gasteiger partial charge in [0.1, 0.15) is 61.4 Å². The van der Waals surface area contributed by atoms with Gasteiger partial charge in [-0.05, 0) is 53.6 Å². The molecular weight excluding hydrogens is 823 g/mol. The van der Waals surface area contributed by atoms with E-state index in [1.807, 2.05) is 0 Å². The maximum absolute atomic E-state index is 12.2. The Labute approximate surface area is 330 Å². The van der Waals surface area contributed by atoms with E-state index in [2.05, 4.69) is 20.5 Å². The van der Waals surface area contributed by atoms with Crippen LogP contribution in [0.25, 0.3) is 10.8 Å². The van der Waals surface area contributed by atoms with Crippen LogP contribution < -0.4 is 0 Å². The van der Waals surface area contributed by atoms with Crippen molar-refractivity contribution in [2.75, 3.05) is 0 Å². The molecule has 0 amide bonds. The highest BCUT2D eigenvalue weighted by molar-refractivity contribution is 7.86. The van der Waals surface area contributed by atoms with Gasteiger partial charge in [-0.3, -0.25) is 19.2 Å². The molecule has 0 aromatic heterocycles. The van der Waals surface area contributed by atoms with Crippen molar-refractivity contribution in [1.29, 1.82) is 0 Å². The number of benzene rings is 6. The lowest BCUT2D eigenvalue weighted by Crippen LogP contribution is -2.00. The fraction of sp³-hybridized carbons (Fsp3) is 0.0556. The molecule has 0 aliphatic heterocycles. The first-order valence-corrected chi connectivity index (χ1v) is 19.2. The summed E-state index contributed by atoms with van der Waals surface area (Å²) in [5.74, 6) is -4.43. The van der Waals surface area contributed by atoms with E-state index in [0.29, 0.717) is 12.1 Å². The third-order valence-corrected chi connectivity index (χ3v) is 10.6. The molecule has 0 saturated heterocycles. The standard InChI is InChI=1S/C36H27N5O16S2/c42-18-3-1-16(29(45)13-18)11-20-27(43)8-2-17(34(20)47)12-21-28(44)9-6-23(35(21)48)38-37-22-7-10-31(58(52,53)54)19-4-5-24(36(49)33(19)22)39-40-25-14-30(46)32(59(55,56)57)15-26(25)41(50)51/h1-10,13-15,42-49H,11-12H2,(H,52,53,54)(H,55,56,57). The molecule has 0 aliphatic carbocycles. The van der Waals surface area contributed by atoms with Crippen molar-refractivity contribution in [3.05, 3.63) is 111 Å². The van der Waals surface area contributed by atoms with Gasteiger partial charge in [-0.15, -0.1) is 20.5 Å². The van der Waals surface area contributed by atoms with Crippen LogP contribution in [0.3, 0.4) is 0 Å². The minimum Gasteiger partial charge on any atom is -0.508 e. The fourth-order valence-electron chi connectivity index (χ4n) is 5.90. The van der Waals surface area contributed by atoms with Gasteiger partial charge in [-0.1, -0.05) is 18.2 Å². The van der Waals surface area contributed by atoms with Crippen LogP contribution in [-0.4, -0.2) is 71.7 Å². The summed E-state index contributed by atoms with van der Waals surface area (Å²) in [6.45, 7) is 0. The zero-order chi connectivity index (χ0) is 43.1. The van der Waals surface area contributed by atoms with Crippen molar-refractivity contribution in [1.82, 2.24) is 0 Å². The molecule has 304 valence electrons. The Kier molecular flexibility index (Phi) is 10.7. The predicted octanol–water partition coefficient (Wildman–Crippen LogP) is 6.90. The van der Waals surface area contributed by atoms with E-state index in [0.717, 1.165) is 42.5 Å². The number of fused-ring (bicyclic) bond motifs is 1. The molecule has 0 heterocycles. The second-order valence-corrected chi connectivity index (χ2v) is 15.3. The predicted molar refractivity (Wildman–Crippen MR) is 203 cm³/mol. The highest BCUT2D eigenvalue weighted by atomic mass is 32.2. The Morgan fingerprint density at radius 2 is 1.03 bits per heavy atom. The minimum atomic E-state index is -5.10. The third kappa shape index (κ3) is 8.28. The Balaban J connectivity index is 1.40. The van der Waals surface area contributed by atoms with E-state index >= 15 is 0 Å². The Morgan fingerprint density at radius 3 is 1.66 bits per heavy atom. The van der Waals surface area contributed by atoms with Crippen molar-refractivity contribution in [2.45, 2.75) is 22.6 Å². The smallest absolute Gasteiger partial charge is 0.298 e. The van der Waals surface area contributed by atoms with Gasteiger partial charge in [-0.25, -0.2) is 0 Å². The third-order valence-electron chi connectivity index (χ3n) is 8.79. The highest BCUT2D eigenvalue weighted by Crippen LogP contribution is 2.46. The number of nitro benzene ring substituents is 1. The van der Waals surface area contributed by atoms with Gasteiger partial charge in [0.15, 0.2) is 11.4 Å². The molecule has 0 spiro atoms. The molecule has 0 fully saturated rings. The SMILES string of the molecule is O=[N+]([O-])c1cc(S(=O)(=O)O)c(O)cc1N=Nc1ccc2c(S(=O)(=O)O)ccc(N=Nc3ccc(O)c(Cc4ccc(O)c(Cc5ccc(O)cc5O)c4O)c3O)c2c1O. The van der Waals surface area contributed by atoms with Crippen LogP contribution in [0.2, 0.25) is 0 Å². The normalized spacial score (nSPS) is 12.2. The largest absolute Gasteiger partial charge is 0.508 e. The van der Waals surface area contributed by atoms with Crippen LogP contribution in [0.1, 0.15) is 22.3 Å². The van der Waals surface area contributed by atoms with Crippen molar-refractivity contribution in [3.63, 3.8) is 0 Å². The zero-order valence-electron chi connectivity index (χ0n) is 29.4. The minimum absolute atomic E-state index is 0.0244. The summed E-state index contributed by atoms with van der Waals surface area (Å²) < 4.78 is 66.7.